The van der Waals surface area contributed by atoms with Crippen molar-refractivity contribution in [2.45, 2.75) is 18.0 Å². The van der Waals surface area contributed by atoms with Crippen molar-refractivity contribution in [3.8, 4) is 6.07 Å². The minimum Gasteiger partial charge on any atom is -0.480 e. The van der Waals surface area contributed by atoms with Crippen LogP contribution in [0.2, 0.25) is 0 Å². The number of hydrogen-bond donors (Lipinski definition) is 3. The summed E-state index contributed by atoms with van der Waals surface area (Å²) in [6.07, 6.45) is 2.58. The first-order chi connectivity index (χ1) is 17.6. The molecule has 0 spiro atoms. The number of aromatic nitrogens is 1. The summed E-state index contributed by atoms with van der Waals surface area (Å²) >= 11 is 0. The van der Waals surface area contributed by atoms with Gasteiger partial charge in [0.2, 0.25) is 11.8 Å². The second kappa shape index (κ2) is 8.83. The van der Waals surface area contributed by atoms with E-state index in [0.29, 0.717) is 11.1 Å². The molecule has 0 saturated carbocycles. The van der Waals surface area contributed by atoms with E-state index in [0.717, 1.165) is 22.1 Å². The minimum absolute atomic E-state index is 0.113. The van der Waals surface area contributed by atoms with Gasteiger partial charge in [-0.25, -0.2) is 8.42 Å². The number of carbonyl (C=O) groups excluding carboxylic acids is 2. The first kappa shape index (κ1) is 24.7. The Morgan fingerprint density at radius 1 is 1.14 bits per heavy atom. The predicted octanol–water partition coefficient (Wildman–Crippen LogP) is 1.40. The summed E-state index contributed by atoms with van der Waals surface area (Å²) in [7, 11) is -3.49. The molecule has 4 atom stereocenters. The molecule has 4 unspecified atom stereocenters. The lowest BCUT2D eigenvalue weighted by atomic mass is 9.76. The van der Waals surface area contributed by atoms with Gasteiger partial charge in [0, 0.05) is 42.4 Å². The summed E-state index contributed by atoms with van der Waals surface area (Å²) in [5, 5.41) is 24.2. The molecule has 2 amide bonds. The highest BCUT2D eigenvalue weighted by Gasteiger charge is 2.68. The third-order valence-corrected chi connectivity index (χ3v) is 8.30. The Kier molecular flexibility index (Phi) is 5.89. The fraction of sp³-hybridized carbons (Fsp3) is 0.308. The number of carboxylic acids is 1. The molecule has 0 bridgehead atoms. The second-order valence-electron chi connectivity index (χ2n) is 9.60. The van der Waals surface area contributed by atoms with E-state index in [9.17, 15) is 33.2 Å². The normalized spacial score (nSPS) is 25.4. The predicted molar refractivity (Wildman–Crippen MR) is 133 cm³/mol. The summed E-state index contributed by atoms with van der Waals surface area (Å²) in [6.45, 7) is -0.362. The number of sulfone groups is 1. The zero-order chi connectivity index (χ0) is 26.5. The molecule has 2 aliphatic rings. The van der Waals surface area contributed by atoms with Gasteiger partial charge in [0.05, 0.1) is 29.2 Å². The number of nitrogens with one attached hydrogen (secondary N) is 2. The third kappa shape index (κ3) is 3.98. The van der Waals surface area contributed by atoms with E-state index < -0.39 is 56.8 Å². The highest BCUT2D eigenvalue weighted by molar-refractivity contribution is 7.90. The van der Waals surface area contributed by atoms with Gasteiger partial charge in [-0.3, -0.25) is 24.6 Å². The zero-order valence-electron chi connectivity index (χ0n) is 19.8. The lowest BCUT2D eigenvalue weighted by Crippen LogP contribution is -2.57. The number of likely N-dealkylation sites (tertiary alicyclic amines) is 1. The SMILES string of the molecule is CS(=O)(=O)CCN1C(=O)C2C(c3ccccc3C#N)NC(Cc3c[nH]c4ccccc34)(C(=O)O)C2C1=O. The van der Waals surface area contributed by atoms with Gasteiger partial charge in [-0.1, -0.05) is 36.4 Å². The number of amides is 2. The largest absolute Gasteiger partial charge is 0.480 e. The van der Waals surface area contributed by atoms with Gasteiger partial charge in [0.25, 0.3) is 0 Å². The van der Waals surface area contributed by atoms with Crippen molar-refractivity contribution in [2.24, 2.45) is 11.8 Å². The van der Waals surface area contributed by atoms with Gasteiger partial charge in [-0.15, -0.1) is 0 Å². The van der Waals surface area contributed by atoms with Crippen molar-refractivity contribution in [1.29, 1.82) is 5.26 Å². The molecule has 37 heavy (non-hydrogen) atoms. The number of carboxylic acid groups (broad SMARTS) is 1. The van der Waals surface area contributed by atoms with Gasteiger partial charge in [0.15, 0.2) is 0 Å². The second-order valence-corrected chi connectivity index (χ2v) is 11.9. The number of hydrogen-bond acceptors (Lipinski definition) is 7. The Bertz CT molecular complexity index is 1590. The Labute approximate surface area is 212 Å². The fourth-order valence-corrected chi connectivity index (χ4v) is 6.20. The lowest BCUT2D eigenvalue weighted by molar-refractivity contribution is -0.151. The number of H-pyrrole nitrogens is 1. The van der Waals surface area contributed by atoms with Crippen molar-refractivity contribution >= 4 is 38.5 Å². The van der Waals surface area contributed by atoms with Gasteiger partial charge >= 0.3 is 5.97 Å². The van der Waals surface area contributed by atoms with E-state index in [1.165, 1.54) is 0 Å². The van der Waals surface area contributed by atoms with Gasteiger partial charge in [-0.05, 0) is 23.3 Å². The van der Waals surface area contributed by atoms with E-state index in [-0.39, 0.29) is 18.5 Å². The highest BCUT2D eigenvalue weighted by Crippen LogP contribution is 2.50. The first-order valence-electron chi connectivity index (χ1n) is 11.7. The monoisotopic (exact) mass is 520 g/mol. The number of nitriles is 1. The van der Waals surface area contributed by atoms with Crippen molar-refractivity contribution in [2.75, 3.05) is 18.6 Å². The fourth-order valence-electron chi connectivity index (χ4n) is 5.69. The van der Waals surface area contributed by atoms with Crippen LogP contribution in [0.15, 0.2) is 54.7 Å². The average molecular weight is 521 g/mol. The molecule has 2 aliphatic heterocycles. The number of aliphatic carboxylic acids is 1. The molecule has 2 saturated heterocycles. The molecule has 5 rings (SSSR count). The van der Waals surface area contributed by atoms with Crippen LogP contribution in [-0.4, -0.2) is 65.3 Å². The molecule has 3 aromatic rings. The van der Waals surface area contributed by atoms with Crippen molar-refractivity contribution in [1.82, 2.24) is 15.2 Å². The molecule has 0 radical (unpaired) electrons. The van der Waals surface area contributed by atoms with Crippen molar-refractivity contribution in [3.05, 3.63) is 71.4 Å². The maximum atomic E-state index is 13.7. The number of rotatable bonds is 7. The minimum atomic E-state index is -3.49. The average Bonchev–Trinajstić information content (AvgIpc) is 3.50. The van der Waals surface area contributed by atoms with Crippen LogP contribution in [0.4, 0.5) is 0 Å². The van der Waals surface area contributed by atoms with Crippen molar-refractivity contribution < 1.29 is 27.9 Å². The Balaban J connectivity index is 1.65. The van der Waals surface area contributed by atoms with Crippen LogP contribution in [0.25, 0.3) is 10.9 Å². The summed E-state index contributed by atoms with van der Waals surface area (Å²) in [4.78, 5) is 44.3. The molecule has 3 N–H and O–H groups in total. The Morgan fingerprint density at radius 3 is 2.54 bits per heavy atom. The van der Waals surface area contributed by atoms with E-state index >= 15 is 0 Å². The van der Waals surface area contributed by atoms with Crippen LogP contribution in [0, 0.1) is 23.2 Å². The van der Waals surface area contributed by atoms with Crippen LogP contribution < -0.4 is 5.32 Å². The van der Waals surface area contributed by atoms with Gasteiger partial charge in [0.1, 0.15) is 15.4 Å². The number of fused-ring (bicyclic) bond motifs is 2. The standard InChI is InChI=1S/C26H24N4O6S/c1-37(35,36)11-10-30-23(31)20-21(24(30)32)26(25(33)34,12-16-14-28-19-9-5-4-7-17(16)19)29-22(20)18-8-3-2-6-15(18)13-27/h2-9,14,20-22,28-29H,10-12H2,1H3,(H,33,34). The van der Waals surface area contributed by atoms with Crippen LogP contribution in [0.5, 0.6) is 0 Å². The number of carbonyl (C=O) groups is 3. The molecule has 2 aromatic carbocycles. The Morgan fingerprint density at radius 2 is 1.84 bits per heavy atom. The molecule has 2 fully saturated rings. The number of imide groups is 1. The van der Waals surface area contributed by atoms with E-state index in [1.807, 2.05) is 24.3 Å². The molecular formula is C26H24N4O6S. The lowest BCUT2D eigenvalue weighted by Gasteiger charge is -2.31. The van der Waals surface area contributed by atoms with Crippen LogP contribution in [0.1, 0.15) is 22.7 Å². The summed E-state index contributed by atoms with van der Waals surface area (Å²) in [6, 6.07) is 15.0. The highest BCUT2D eigenvalue weighted by atomic mass is 32.2. The number of nitrogens with zero attached hydrogens (tertiary/aromatic N) is 2. The zero-order valence-corrected chi connectivity index (χ0v) is 20.7. The number of para-hydroxylation sites is 1. The molecule has 11 heteroatoms. The molecule has 0 aliphatic carbocycles. The Hall–Kier alpha value is -4.01. The van der Waals surface area contributed by atoms with E-state index in [4.69, 9.17) is 0 Å². The topological polar surface area (TPSA) is 160 Å². The van der Waals surface area contributed by atoms with Crippen LogP contribution in [0.3, 0.4) is 0 Å². The smallest absolute Gasteiger partial charge is 0.325 e. The number of benzene rings is 2. The molecule has 1 aromatic heterocycles. The van der Waals surface area contributed by atoms with E-state index in [2.05, 4.69) is 16.4 Å². The quantitative estimate of drug-likeness (QED) is 0.394. The van der Waals surface area contributed by atoms with E-state index in [1.54, 1.807) is 30.5 Å². The molecule has 190 valence electrons. The molecule has 3 heterocycles. The van der Waals surface area contributed by atoms with Gasteiger partial charge in [-0.2, -0.15) is 5.26 Å². The summed E-state index contributed by atoms with van der Waals surface area (Å²) in [5.41, 5.74) is 0.223. The third-order valence-electron chi connectivity index (χ3n) is 7.37. The van der Waals surface area contributed by atoms with Gasteiger partial charge < -0.3 is 10.1 Å². The first-order valence-corrected chi connectivity index (χ1v) is 13.7. The van der Waals surface area contributed by atoms with Crippen LogP contribution >= 0.6 is 0 Å². The summed E-state index contributed by atoms with van der Waals surface area (Å²) < 4.78 is 23.6. The molecule has 10 nitrogen and oxygen atoms in total. The molecular weight excluding hydrogens is 496 g/mol. The maximum Gasteiger partial charge on any atom is 0.325 e. The summed E-state index contributed by atoms with van der Waals surface area (Å²) in [5.74, 6) is -5.54. The van der Waals surface area contributed by atoms with Crippen LogP contribution in [-0.2, 0) is 30.6 Å². The van der Waals surface area contributed by atoms with Crippen molar-refractivity contribution in [3.63, 3.8) is 0 Å². The maximum absolute atomic E-state index is 13.7. The number of aromatic amines is 1.